The molecule has 0 bridgehead atoms. The Morgan fingerprint density at radius 1 is 1.58 bits per heavy atom. The number of hydrogen-bond acceptors (Lipinski definition) is 5. The van der Waals surface area contributed by atoms with E-state index >= 15 is 0 Å². The van der Waals surface area contributed by atoms with Crippen molar-refractivity contribution in [1.82, 2.24) is 0 Å². The largest absolute Gasteiger partial charge is 0.858 e. The number of hydrogen-bond donors (Lipinski definition) is 3. The normalized spacial score (nSPS) is 15.9. The van der Waals surface area contributed by atoms with E-state index < -0.39 is 22.2 Å². The Morgan fingerprint density at radius 2 is 2.11 bits per heavy atom. The average molecular weight is 294 g/mol. The van der Waals surface area contributed by atoms with E-state index in [1.54, 1.807) is 0 Å². The molecule has 0 aromatic rings. The third-order valence-corrected chi connectivity index (χ3v) is 2.46. The molecule has 0 amide bonds. The van der Waals surface area contributed by atoms with Crippen molar-refractivity contribution < 1.29 is 32.2 Å². The highest BCUT2D eigenvalue weighted by molar-refractivity contribution is 7.85. The van der Waals surface area contributed by atoms with Gasteiger partial charge in [-0.05, 0) is 13.0 Å². The van der Waals surface area contributed by atoms with Crippen LogP contribution in [0.4, 0.5) is 0 Å². The van der Waals surface area contributed by atoms with Crippen LogP contribution in [0, 0.1) is 0 Å². The first-order valence-corrected chi connectivity index (χ1v) is 6.10. The highest BCUT2D eigenvalue weighted by atomic mass is 32.2. The van der Waals surface area contributed by atoms with E-state index in [0.29, 0.717) is 0 Å². The van der Waals surface area contributed by atoms with Crippen molar-refractivity contribution in [3.8, 4) is 0 Å². The zero-order chi connectivity index (χ0) is 15.2. The summed E-state index contributed by atoms with van der Waals surface area (Å²) < 4.78 is 29.0. The van der Waals surface area contributed by atoms with Crippen LogP contribution in [0.2, 0.25) is 0 Å². The molecule has 1 rings (SSSR count). The summed E-state index contributed by atoms with van der Waals surface area (Å²) in [7, 11) is -2.47. The minimum atomic E-state index is -3.97. The van der Waals surface area contributed by atoms with Crippen molar-refractivity contribution >= 4 is 28.1 Å². The number of allylic oxidation sites excluding steroid dienone is 1. The molecule has 0 aromatic heterocycles. The van der Waals surface area contributed by atoms with Gasteiger partial charge in [0.25, 0.3) is 0 Å². The summed E-state index contributed by atoms with van der Waals surface area (Å²) in [5, 5.41) is 18.6. The number of aliphatic carboxylic acids is 1. The van der Waals surface area contributed by atoms with Crippen LogP contribution in [0.15, 0.2) is 16.2 Å². The van der Waals surface area contributed by atoms with Gasteiger partial charge in [0, 0.05) is 5.90 Å². The lowest BCUT2D eigenvalue weighted by molar-refractivity contribution is -0.489. The van der Waals surface area contributed by atoms with Gasteiger partial charge < -0.3 is 14.4 Å². The van der Waals surface area contributed by atoms with E-state index in [0.717, 1.165) is 6.08 Å². The number of carbonyl (C=O) groups is 1. The second-order valence-electron chi connectivity index (χ2n) is 3.37. The van der Waals surface area contributed by atoms with Crippen LogP contribution in [-0.2, 0) is 19.3 Å². The molecular formula is C8H14N4O6S. The molecule has 0 saturated heterocycles. The summed E-state index contributed by atoms with van der Waals surface area (Å²) in [6, 6.07) is 0. The lowest BCUT2D eigenvalue weighted by Gasteiger charge is -2.12. The highest BCUT2D eigenvalue weighted by Crippen LogP contribution is 2.09. The fourth-order valence-corrected chi connectivity index (χ4v) is 1.50. The van der Waals surface area contributed by atoms with Gasteiger partial charge in [-0.3, -0.25) is 16.0 Å². The maximum Gasteiger partial charge on any atom is 0.427 e. The molecule has 11 heteroatoms. The summed E-state index contributed by atoms with van der Waals surface area (Å²) in [6.45, 7) is 1.20. The molecule has 5 N–H and O–H groups in total. The van der Waals surface area contributed by atoms with Crippen LogP contribution < -0.4 is 16.6 Å². The Hall–Kier alpha value is -2.30. The first kappa shape index (κ1) is 16.7. The monoisotopic (exact) mass is 294 g/mol. The van der Waals surface area contributed by atoms with Crippen molar-refractivity contribution in [1.29, 1.82) is 0 Å². The Morgan fingerprint density at radius 3 is 2.37 bits per heavy atom. The molecule has 0 aromatic carbocycles. The fourth-order valence-electron chi connectivity index (χ4n) is 0.813. The summed E-state index contributed by atoms with van der Waals surface area (Å²) in [5.74, 6) is -1.70. The maximum atomic E-state index is 10.4. The Bertz CT molecular complexity index is 544. The summed E-state index contributed by atoms with van der Waals surface area (Å²) >= 11 is 0. The highest BCUT2D eigenvalue weighted by Gasteiger charge is 2.12. The molecule has 19 heavy (non-hydrogen) atoms. The molecule has 0 atom stereocenters. The first-order valence-electron chi connectivity index (χ1n) is 4.74. The van der Waals surface area contributed by atoms with Crippen LogP contribution in [0.5, 0.6) is 0 Å². The predicted octanol–water partition coefficient (Wildman–Crippen LogP) is -3.09. The number of carboxylic acid groups (broad SMARTS) is 1. The van der Waals surface area contributed by atoms with Gasteiger partial charge in [0.05, 0.1) is 7.05 Å². The van der Waals surface area contributed by atoms with E-state index in [1.807, 2.05) is 0 Å². The lowest BCUT2D eigenvalue weighted by Crippen LogP contribution is -2.36. The Labute approximate surface area is 109 Å². The molecule has 1 aliphatic heterocycles. The zero-order valence-corrected chi connectivity index (χ0v) is 11.0. The molecule has 10 nitrogen and oxygen atoms in total. The quantitative estimate of drug-likeness (QED) is 0.273. The van der Waals surface area contributed by atoms with Gasteiger partial charge in [-0.25, -0.2) is 4.79 Å². The van der Waals surface area contributed by atoms with E-state index in [2.05, 4.69) is 8.58 Å². The van der Waals surface area contributed by atoms with Gasteiger partial charge >= 0.3 is 22.2 Å². The number of nitrogens with zero attached hydrogens (tertiary/aromatic N) is 2. The van der Waals surface area contributed by atoms with Gasteiger partial charge in [0.15, 0.2) is 6.54 Å². The van der Waals surface area contributed by atoms with Gasteiger partial charge in [-0.15, -0.1) is 4.40 Å². The minimum absolute atomic E-state index is 0.0115. The third-order valence-electron chi connectivity index (χ3n) is 1.58. The van der Waals surface area contributed by atoms with Crippen LogP contribution >= 0.6 is 0 Å². The summed E-state index contributed by atoms with van der Waals surface area (Å²) in [5.41, 5.74) is 10.1. The third kappa shape index (κ3) is 7.59. The minimum Gasteiger partial charge on any atom is -0.858 e. The molecule has 0 aliphatic carbocycles. The van der Waals surface area contributed by atoms with Crippen molar-refractivity contribution in [2.24, 2.45) is 15.9 Å². The van der Waals surface area contributed by atoms with E-state index in [1.165, 1.54) is 18.5 Å². The van der Waals surface area contributed by atoms with Crippen LogP contribution in [0.25, 0.3) is 0 Å². The van der Waals surface area contributed by atoms with Crippen molar-refractivity contribution in [2.45, 2.75) is 6.92 Å². The molecule has 1 heterocycles. The topological polar surface area (TPSA) is 171 Å². The number of guanidine groups is 1. The van der Waals surface area contributed by atoms with E-state index in [-0.39, 0.29) is 18.3 Å². The van der Waals surface area contributed by atoms with E-state index in [4.69, 9.17) is 16.6 Å². The number of carboxylic acids is 1. The number of likely N-dealkylation sites (N-methyl/N-ethyl adjacent to an activating group) is 1. The molecule has 0 saturated carbocycles. The second-order valence-corrected chi connectivity index (χ2v) is 4.57. The molecule has 108 valence electrons. The molecule has 0 unspecified atom stereocenters. The Kier molecular flexibility index (Phi) is 5.79. The van der Waals surface area contributed by atoms with Crippen molar-refractivity contribution in [3.05, 3.63) is 11.8 Å². The SMILES string of the molecule is CC1=CC([O-])=NS(=O)(=O)O1.C[N+](CC(=O)O)=C(N)N. The molecular weight excluding hydrogens is 280 g/mol. The molecule has 0 fully saturated rings. The second kappa shape index (κ2) is 6.58. The molecule has 0 radical (unpaired) electrons. The van der Waals surface area contributed by atoms with Crippen molar-refractivity contribution in [2.75, 3.05) is 13.6 Å². The average Bonchev–Trinajstić information content (AvgIpc) is 2.12. The standard InChI is InChI=1S/C4H9N3O2.C4H5NO4S/c1-7(4(5)6)2-3(8)9;1-3-2-4(6)5-10(7,8)9-3/h2H2,1H3,(H4,5,6,8,9);2H,1H3,(H,5,6). The smallest absolute Gasteiger partial charge is 0.427 e. The van der Waals surface area contributed by atoms with Crippen LogP contribution in [0.3, 0.4) is 0 Å². The Balaban J connectivity index is 0.000000344. The predicted molar refractivity (Wildman–Crippen MR) is 63.3 cm³/mol. The van der Waals surface area contributed by atoms with Crippen LogP contribution in [0.1, 0.15) is 6.92 Å². The molecule has 1 aliphatic rings. The molecule has 0 spiro atoms. The summed E-state index contributed by atoms with van der Waals surface area (Å²) in [4.78, 5) is 9.95. The van der Waals surface area contributed by atoms with E-state index in [9.17, 15) is 18.3 Å². The fraction of sp³-hybridized carbons (Fsp3) is 0.375. The van der Waals surface area contributed by atoms with Gasteiger partial charge in [-0.1, -0.05) is 0 Å². The first-order chi connectivity index (χ1) is 8.53. The number of nitrogens with two attached hydrogens (primary N) is 2. The zero-order valence-electron chi connectivity index (χ0n) is 10.2. The summed E-state index contributed by atoms with van der Waals surface area (Å²) in [6.07, 6.45) is 1.00. The number of rotatable bonds is 2. The van der Waals surface area contributed by atoms with Crippen LogP contribution in [-0.4, -0.2) is 49.5 Å². The van der Waals surface area contributed by atoms with Gasteiger partial charge in [0.1, 0.15) is 5.76 Å². The lowest BCUT2D eigenvalue weighted by atomic mass is 10.5. The van der Waals surface area contributed by atoms with Gasteiger partial charge in [0.2, 0.25) is 0 Å². The van der Waals surface area contributed by atoms with Crippen molar-refractivity contribution in [3.63, 3.8) is 0 Å². The maximum absolute atomic E-state index is 10.4. The van der Waals surface area contributed by atoms with Gasteiger partial charge in [-0.2, -0.15) is 8.42 Å².